The van der Waals surface area contributed by atoms with E-state index in [1.165, 1.54) is 0 Å². The number of hydrogen-bond donors (Lipinski definition) is 0. The smallest absolute Gasteiger partial charge is 0.114 e. The fraction of sp³-hybridized carbons (Fsp3) is 1.00. The topological polar surface area (TPSA) is 0 Å². The van der Waals surface area contributed by atoms with Gasteiger partial charge in [0.25, 0.3) is 0 Å². The molecule has 1 fully saturated rings. The van der Waals surface area contributed by atoms with E-state index in [4.69, 9.17) is 0 Å². The van der Waals surface area contributed by atoms with Crippen LogP contribution in [0.2, 0.25) is 0 Å². The van der Waals surface area contributed by atoms with E-state index in [1.54, 1.807) is 6.92 Å². The van der Waals surface area contributed by atoms with Gasteiger partial charge in [-0.2, -0.15) is 0 Å². The Morgan fingerprint density at radius 2 is 1.56 bits per heavy atom. The molecule has 1 saturated carbocycles. The van der Waals surface area contributed by atoms with Gasteiger partial charge in [-0.25, -0.2) is 4.39 Å². The van der Waals surface area contributed by atoms with Gasteiger partial charge in [-0.3, -0.25) is 0 Å². The second kappa shape index (κ2) is 1.96. The molecule has 1 aliphatic rings. The van der Waals surface area contributed by atoms with Crippen LogP contribution in [0.5, 0.6) is 0 Å². The molecule has 0 bridgehead atoms. The molecular weight excluding hydrogens is 115 g/mol. The lowest BCUT2D eigenvalue weighted by Gasteiger charge is -1.92. The Morgan fingerprint density at radius 3 is 1.67 bits per heavy atom. The zero-order chi connectivity index (χ0) is 7.07. The van der Waals surface area contributed by atoms with Crippen LogP contribution in [-0.4, -0.2) is 5.67 Å². The van der Waals surface area contributed by atoms with E-state index in [0.717, 1.165) is 12.8 Å². The van der Waals surface area contributed by atoms with Crippen LogP contribution in [-0.2, 0) is 0 Å². The fourth-order valence-corrected chi connectivity index (χ4v) is 2.03. The van der Waals surface area contributed by atoms with Crippen LogP contribution in [0.4, 0.5) is 4.39 Å². The highest BCUT2D eigenvalue weighted by atomic mass is 19.1. The maximum Gasteiger partial charge on any atom is 0.114 e. The number of hydrogen-bond acceptors (Lipinski definition) is 0. The lowest BCUT2D eigenvalue weighted by molar-refractivity contribution is 0.288. The molecule has 0 aromatic rings. The van der Waals surface area contributed by atoms with Crippen molar-refractivity contribution in [1.29, 1.82) is 0 Å². The Labute approximate surface area is 56.5 Å². The third-order valence-corrected chi connectivity index (χ3v) is 2.71. The Bertz CT molecular complexity index is 95.1. The van der Waals surface area contributed by atoms with E-state index in [9.17, 15) is 4.39 Å². The average Bonchev–Trinajstić information content (AvgIpc) is 2.32. The Morgan fingerprint density at radius 1 is 1.22 bits per heavy atom. The molecule has 1 aliphatic carbocycles. The van der Waals surface area contributed by atoms with Gasteiger partial charge < -0.3 is 0 Å². The van der Waals surface area contributed by atoms with Crippen molar-refractivity contribution in [3.8, 4) is 0 Å². The van der Waals surface area contributed by atoms with E-state index >= 15 is 0 Å². The predicted molar refractivity (Wildman–Crippen MR) is 37.1 cm³/mol. The minimum Gasteiger partial charge on any atom is -0.244 e. The van der Waals surface area contributed by atoms with Gasteiger partial charge >= 0.3 is 0 Å². The molecule has 0 saturated heterocycles. The standard InChI is InChI=1S/C8H15F/c1-4-6-7(5-2)8(6,3)9/h6-7H,4-5H2,1-3H3. The van der Waals surface area contributed by atoms with Crippen molar-refractivity contribution < 1.29 is 4.39 Å². The highest BCUT2D eigenvalue weighted by molar-refractivity contribution is 5.07. The second-order valence-electron chi connectivity index (χ2n) is 3.18. The first-order chi connectivity index (χ1) is 4.14. The van der Waals surface area contributed by atoms with E-state index < -0.39 is 5.67 Å². The summed E-state index contributed by atoms with van der Waals surface area (Å²) in [6.07, 6.45) is 2.01. The number of halogens is 1. The van der Waals surface area contributed by atoms with Crippen molar-refractivity contribution in [2.24, 2.45) is 11.8 Å². The highest BCUT2D eigenvalue weighted by Crippen LogP contribution is 2.56. The number of rotatable bonds is 2. The average molecular weight is 130 g/mol. The Hall–Kier alpha value is -0.0700. The molecule has 54 valence electrons. The molecule has 9 heavy (non-hydrogen) atoms. The van der Waals surface area contributed by atoms with Gasteiger partial charge in [0.1, 0.15) is 5.67 Å². The van der Waals surface area contributed by atoms with Crippen LogP contribution < -0.4 is 0 Å². The van der Waals surface area contributed by atoms with Crippen molar-refractivity contribution >= 4 is 0 Å². The maximum atomic E-state index is 13.1. The van der Waals surface area contributed by atoms with Crippen LogP contribution in [0, 0.1) is 11.8 Å². The van der Waals surface area contributed by atoms with Crippen LogP contribution in [0.3, 0.4) is 0 Å². The Balaban J connectivity index is 2.45. The summed E-state index contributed by atoms with van der Waals surface area (Å²) in [5.41, 5.74) is -0.816. The highest BCUT2D eigenvalue weighted by Gasteiger charge is 2.59. The zero-order valence-corrected chi connectivity index (χ0v) is 6.45. The van der Waals surface area contributed by atoms with Crippen LogP contribution in [0.25, 0.3) is 0 Å². The molecule has 0 aromatic heterocycles. The van der Waals surface area contributed by atoms with Crippen LogP contribution in [0.15, 0.2) is 0 Å². The Kier molecular flexibility index (Phi) is 1.54. The first kappa shape index (κ1) is 7.04. The monoisotopic (exact) mass is 130 g/mol. The van der Waals surface area contributed by atoms with Crippen molar-refractivity contribution in [1.82, 2.24) is 0 Å². The minimum absolute atomic E-state index is 0.363. The lowest BCUT2D eigenvalue weighted by atomic mass is 10.2. The van der Waals surface area contributed by atoms with Gasteiger partial charge in [0.05, 0.1) is 0 Å². The van der Waals surface area contributed by atoms with Crippen LogP contribution in [0.1, 0.15) is 33.6 Å². The molecule has 0 amide bonds. The molecule has 0 aromatic carbocycles. The molecule has 0 nitrogen and oxygen atoms in total. The molecule has 2 unspecified atom stereocenters. The van der Waals surface area contributed by atoms with E-state index in [2.05, 4.69) is 13.8 Å². The summed E-state index contributed by atoms with van der Waals surface area (Å²) in [4.78, 5) is 0. The van der Waals surface area contributed by atoms with Crippen molar-refractivity contribution in [2.45, 2.75) is 39.3 Å². The fourth-order valence-electron chi connectivity index (χ4n) is 2.03. The second-order valence-corrected chi connectivity index (χ2v) is 3.18. The van der Waals surface area contributed by atoms with Gasteiger partial charge in [-0.1, -0.05) is 13.8 Å². The van der Waals surface area contributed by atoms with Crippen LogP contribution >= 0.6 is 0 Å². The normalized spacial score (nSPS) is 49.3. The first-order valence-electron chi connectivity index (χ1n) is 3.83. The molecule has 0 N–H and O–H groups in total. The minimum atomic E-state index is -0.816. The lowest BCUT2D eigenvalue weighted by Crippen LogP contribution is -1.96. The van der Waals surface area contributed by atoms with E-state index in [-0.39, 0.29) is 0 Å². The molecule has 1 heteroatoms. The predicted octanol–water partition coefficient (Wildman–Crippen LogP) is 2.78. The molecule has 2 atom stereocenters. The summed E-state index contributed by atoms with van der Waals surface area (Å²) in [6.45, 7) is 5.87. The van der Waals surface area contributed by atoms with Gasteiger partial charge in [-0.05, 0) is 31.6 Å². The SMILES string of the molecule is CCC1C(CC)C1(C)F. The summed E-state index contributed by atoms with van der Waals surface area (Å²) >= 11 is 0. The molecule has 1 rings (SSSR count). The summed E-state index contributed by atoms with van der Waals surface area (Å²) in [7, 11) is 0. The van der Waals surface area contributed by atoms with E-state index in [1.807, 2.05) is 0 Å². The van der Waals surface area contributed by atoms with Gasteiger partial charge in [0.15, 0.2) is 0 Å². The molecule has 0 radical (unpaired) electrons. The van der Waals surface area contributed by atoms with Crippen molar-refractivity contribution in [3.05, 3.63) is 0 Å². The van der Waals surface area contributed by atoms with E-state index in [0.29, 0.717) is 11.8 Å². The maximum absolute atomic E-state index is 13.1. The summed E-state index contributed by atoms with van der Waals surface area (Å²) in [5.74, 6) is 0.727. The van der Waals surface area contributed by atoms with Gasteiger partial charge in [-0.15, -0.1) is 0 Å². The van der Waals surface area contributed by atoms with Crippen molar-refractivity contribution in [2.75, 3.05) is 0 Å². The summed E-state index contributed by atoms with van der Waals surface area (Å²) in [5, 5.41) is 0. The van der Waals surface area contributed by atoms with Gasteiger partial charge in [0.2, 0.25) is 0 Å². The molecule has 0 heterocycles. The van der Waals surface area contributed by atoms with Gasteiger partial charge in [0, 0.05) is 0 Å². The quantitative estimate of drug-likeness (QED) is 0.539. The first-order valence-corrected chi connectivity index (χ1v) is 3.83. The summed E-state index contributed by atoms with van der Waals surface area (Å²) < 4.78 is 13.1. The molecule has 0 spiro atoms. The van der Waals surface area contributed by atoms with Crippen molar-refractivity contribution in [3.63, 3.8) is 0 Å². The third-order valence-electron chi connectivity index (χ3n) is 2.71. The zero-order valence-electron chi connectivity index (χ0n) is 6.45. The number of alkyl halides is 1. The molecule has 0 aliphatic heterocycles. The largest absolute Gasteiger partial charge is 0.244 e. The third kappa shape index (κ3) is 0.867. The summed E-state index contributed by atoms with van der Waals surface area (Å²) in [6, 6.07) is 0. The molecular formula is C8H15F.